The van der Waals surface area contributed by atoms with Gasteiger partial charge in [-0.15, -0.1) is 0 Å². The molecule has 2 aliphatic rings. The zero-order valence-electron chi connectivity index (χ0n) is 6.13. The number of hydrogen-bond donors (Lipinski definition) is 1. The topological polar surface area (TPSA) is 32.3 Å². The fourth-order valence-electron chi connectivity index (χ4n) is 1.93. The molecule has 0 radical (unpaired) electrons. The van der Waals surface area contributed by atoms with Crippen molar-refractivity contribution in [2.24, 2.45) is 5.92 Å². The monoisotopic (exact) mass is 140 g/mol. The summed E-state index contributed by atoms with van der Waals surface area (Å²) in [4.78, 5) is 13.0. The number of likely N-dealkylation sites (tertiary alicyclic amines) is 1. The van der Waals surface area contributed by atoms with E-state index in [0.717, 1.165) is 19.5 Å². The Morgan fingerprint density at radius 3 is 3.10 bits per heavy atom. The van der Waals surface area contributed by atoms with Crippen LogP contribution in [0, 0.1) is 5.92 Å². The Hall–Kier alpha value is -0.570. The van der Waals surface area contributed by atoms with Crippen molar-refractivity contribution in [3.8, 4) is 0 Å². The molecule has 1 amide bonds. The van der Waals surface area contributed by atoms with E-state index in [9.17, 15) is 4.79 Å². The second kappa shape index (κ2) is 1.95. The van der Waals surface area contributed by atoms with E-state index in [1.165, 1.54) is 0 Å². The van der Waals surface area contributed by atoms with E-state index < -0.39 is 0 Å². The van der Waals surface area contributed by atoms with Crippen LogP contribution >= 0.6 is 0 Å². The summed E-state index contributed by atoms with van der Waals surface area (Å²) in [5.74, 6) is 0.911. The Morgan fingerprint density at radius 2 is 2.40 bits per heavy atom. The summed E-state index contributed by atoms with van der Waals surface area (Å²) in [5, 5.41) is 3.28. The van der Waals surface area contributed by atoms with Crippen molar-refractivity contribution in [3.63, 3.8) is 0 Å². The van der Waals surface area contributed by atoms with Crippen molar-refractivity contribution in [1.82, 2.24) is 10.2 Å². The first-order valence-electron chi connectivity index (χ1n) is 3.75. The highest BCUT2D eigenvalue weighted by Crippen LogP contribution is 2.26. The smallest absolute Gasteiger partial charge is 0.223 e. The predicted molar refractivity (Wildman–Crippen MR) is 37.5 cm³/mol. The van der Waals surface area contributed by atoms with E-state index in [1.807, 2.05) is 11.9 Å². The molecule has 56 valence electrons. The molecule has 0 spiro atoms. The van der Waals surface area contributed by atoms with Gasteiger partial charge in [-0.3, -0.25) is 4.79 Å². The standard InChI is InChI=1S/C7H12N2O/c1-9-6-4-8-3-5(6)2-7(9)10/h5-6,8H,2-4H2,1H3/t5-,6-/m1/s1. The molecule has 3 nitrogen and oxygen atoms in total. The van der Waals surface area contributed by atoms with Crippen molar-refractivity contribution in [1.29, 1.82) is 0 Å². The minimum atomic E-state index is 0.316. The molecule has 10 heavy (non-hydrogen) atoms. The van der Waals surface area contributed by atoms with Crippen LogP contribution in [0.3, 0.4) is 0 Å². The fraction of sp³-hybridized carbons (Fsp3) is 0.857. The van der Waals surface area contributed by atoms with Crippen LogP contribution in [-0.2, 0) is 4.79 Å². The highest BCUT2D eigenvalue weighted by Gasteiger charge is 2.40. The van der Waals surface area contributed by atoms with Crippen molar-refractivity contribution >= 4 is 5.91 Å². The molecule has 2 aliphatic heterocycles. The van der Waals surface area contributed by atoms with Crippen LogP contribution in [0.25, 0.3) is 0 Å². The van der Waals surface area contributed by atoms with E-state index in [1.54, 1.807) is 0 Å². The Morgan fingerprint density at radius 1 is 1.60 bits per heavy atom. The van der Waals surface area contributed by atoms with Crippen molar-refractivity contribution < 1.29 is 4.79 Å². The van der Waals surface area contributed by atoms with Gasteiger partial charge < -0.3 is 10.2 Å². The molecule has 0 saturated carbocycles. The minimum Gasteiger partial charge on any atom is -0.341 e. The number of rotatable bonds is 0. The lowest BCUT2D eigenvalue weighted by Gasteiger charge is -2.16. The molecule has 2 saturated heterocycles. The summed E-state index contributed by atoms with van der Waals surface area (Å²) in [5.41, 5.74) is 0. The quantitative estimate of drug-likeness (QED) is 0.489. The largest absolute Gasteiger partial charge is 0.341 e. The zero-order valence-corrected chi connectivity index (χ0v) is 6.13. The SMILES string of the molecule is CN1C(=O)C[C@@H]2CNC[C@H]21. The van der Waals surface area contributed by atoms with Crippen LogP contribution in [0.15, 0.2) is 0 Å². The molecule has 1 N–H and O–H groups in total. The van der Waals surface area contributed by atoms with Crippen LogP contribution in [0.5, 0.6) is 0 Å². The minimum absolute atomic E-state index is 0.316. The first-order chi connectivity index (χ1) is 4.79. The van der Waals surface area contributed by atoms with Gasteiger partial charge in [0.05, 0.1) is 0 Å². The molecular weight excluding hydrogens is 128 g/mol. The zero-order chi connectivity index (χ0) is 7.14. The lowest BCUT2D eigenvalue weighted by atomic mass is 10.1. The number of carbonyl (C=O) groups excluding carboxylic acids is 1. The maximum atomic E-state index is 11.1. The van der Waals surface area contributed by atoms with Crippen LogP contribution in [-0.4, -0.2) is 37.0 Å². The van der Waals surface area contributed by atoms with E-state index in [-0.39, 0.29) is 0 Å². The maximum absolute atomic E-state index is 11.1. The van der Waals surface area contributed by atoms with Crippen LogP contribution in [0.2, 0.25) is 0 Å². The lowest BCUT2D eigenvalue weighted by Crippen LogP contribution is -2.33. The van der Waals surface area contributed by atoms with E-state index in [2.05, 4.69) is 5.32 Å². The van der Waals surface area contributed by atoms with Gasteiger partial charge in [-0.1, -0.05) is 0 Å². The van der Waals surface area contributed by atoms with Crippen LogP contribution < -0.4 is 5.32 Å². The second-order valence-corrected chi connectivity index (χ2v) is 3.19. The van der Waals surface area contributed by atoms with Gasteiger partial charge >= 0.3 is 0 Å². The summed E-state index contributed by atoms with van der Waals surface area (Å²) in [6.45, 7) is 2.02. The molecule has 0 aromatic heterocycles. The van der Waals surface area contributed by atoms with Gasteiger partial charge in [-0.05, 0) is 0 Å². The molecule has 0 bridgehead atoms. The number of hydrogen-bond acceptors (Lipinski definition) is 2. The van der Waals surface area contributed by atoms with Crippen LogP contribution in [0.4, 0.5) is 0 Å². The first kappa shape index (κ1) is 6.16. The molecule has 2 atom stereocenters. The molecule has 0 aliphatic carbocycles. The normalized spacial score (nSPS) is 38.9. The highest BCUT2D eigenvalue weighted by atomic mass is 16.2. The molecular formula is C7H12N2O. The van der Waals surface area contributed by atoms with E-state index >= 15 is 0 Å². The van der Waals surface area contributed by atoms with Gasteiger partial charge in [0, 0.05) is 38.5 Å². The number of fused-ring (bicyclic) bond motifs is 1. The third-order valence-electron chi connectivity index (χ3n) is 2.63. The molecule has 3 heteroatoms. The summed E-state index contributed by atoms with van der Waals surface area (Å²) in [7, 11) is 1.90. The van der Waals surface area contributed by atoms with Gasteiger partial charge in [-0.25, -0.2) is 0 Å². The van der Waals surface area contributed by atoms with E-state index in [0.29, 0.717) is 17.9 Å². The number of nitrogens with one attached hydrogen (secondary N) is 1. The summed E-state index contributed by atoms with van der Waals surface area (Å²) in [6, 6.07) is 0.493. The summed E-state index contributed by atoms with van der Waals surface area (Å²) < 4.78 is 0. The van der Waals surface area contributed by atoms with Gasteiger partial charge in [-0.2, -0.15) is 0 Å². The molecule has 2 fully saturated rings. The van der Waals surface area contributed by atoms with Gasteiger partial charge in [0.15, 0.2) is 0 Å². The number of likely N-dealkylation sites (N-methyl/N-ethyl adjacent to an activating group) is 1. The Bertz CT molecular complexity index is 169. The second-order valence-electron chi connectivity index (χ2n) is 3.19. The third-order valence-corrected chi connectivity index (χ3v) is 2.63. The lowest BCUT2D eigenvalue weighted by molar-refractivity contribution is -0.127. The number of carbonyl (C=O) groups is 1. The van der Waals surface area contributed by atoms with Crippen molar-refractivity contribution in [2.45, 2.75) is 12.5 Å². The van der Waals surface area contributed by atoms with E-state index in [4.69, 9.17) is 0 Å². The highest BCUT2D eigenvalue weighted by molar-refractivity contribution is 5.79. The first-order valence-corrected chi connectivity index (χ1v) is 3.75. The number of amides is 1. The maximum Gasteiger partial charge on any atom is 0.223 e. The van der Waals surface area contributed by atoms with Crippen LogP contribution in [0.1, 0.15) is 6.42 Å². The molecule has 0 aromatic carbocycles. The summed E-state index contributed by atoms with van der Waals surface area (Å²) >= 11 is 0. The molecule has 0 aromatic rings. The molecule has 2 rings (SSSR count). The van der Waals surface area contributed by atoms with Gasteiger partial charge in [0.1, 0.15) is 0 Å². The third kappa shape index (κ3) is 0.669. The Balaban J connectivity index is 2.16. The molecule has 2 heterocycles. The van der Waals surface area contributed by atoms with Crippen molar-refractivity contribution in [3.05, 3.63) is 0 Å². The predicted octanol–water partition coefficient (Wildman–Crippen LogP) is -0.563. The fourth-order valence-corrected chi connectivity index (χ4v) is 1.93. The Labute approximate surface area is 60.4 Å². The summed E-state index contributed by atoms with van der Waals surface area (Å²) in [6.07, 6.45) is 0.758. The van der Waals surface area contributed by atoms with Gasteiger partial charge in [0.2, 0.25) is 5.91 Å². The average Bonchev–Trinajstić information content (AvgIpc) is 2.41. The molecule has 0 unspecified atom stereocenters. The average molecular weight is 140 g/mol. The number of nitrogens with zero attached hydrogens (tertiary/aromatic N) is 1. The van der Waals surface area contributed by atoms with Gasteiger partial charge in [0.25, 0.3) is 0 Å². The van der Waals surface area contributed by atoms with Crippen molar-refractivity contribution in [2.75, 3.05) is 20.1 Å². The Kier molecular flexibility index (Phi) is 1.20.